The highest BCUT2D eigenvalue weighted by Crippen LogP contribution is 2.34. The van der Waals surface area contributed by atoms with Crippen LogP contribution in [0.3, 0.4) is 0 Å². The molecule has 27 heavy (non-hydrogen) atoms. The highest BCUT2D eigenvalue weighted by molar-refractivity contribution is 5.81. The van der Waals surface area contributed by atoms with Crippen molar-refractivity contribution < 1.29 is 23.7 Å². The van der Waals surface area contributed by atoms with Crippen molar-refractivity contribution in [1.29, 1.82) is 0 Å². The number of hydrogen-bond donors (Lipinski definition) is 0. The Morgan fingerprint density at radius 2 is 1.37 bits per heavy atom. The standard InChI is InChI=1S/C22H42O5/c1-6-11-12-13-14-15-17-20(18-16-19-24-21(23)7-2)22(25-8-3,26-9-4)27-10-5/h7,20H,2,6,8-19H2,1,3-5H3. The normalized spacial score (nSPS) is 12.7. The third kappa shape index (κ3) is 11.5. The molecule has 0 aromatic rings. The number of hydrogen-bond acceptors (Lipinski definition) is 5. The summed E-state index contributed by atoms with van der Waals surface area (Å²) in [6.07, 6.45) is 11.2. The summed E-state index contributed by atoms with van der Waals surface area (Å²) in [6, 6.07) is 0. The van der Waals surface area contributed by atoms with Crippen LogP contribution in [0.15, 0.2) is 12.7 Å². The Kier molecular flexibility index (Phi) is 16.6. The van der Waals surface area contributed by atoms with E-state index in [1.54, 1.807) is 0 Å². The van der Waals surface area contributed by atoms with Crippen molar-refractivity contribution in [2.75, 3.05) is 26.4 Å². The molecule has 0 aromatic heterocycles. The number of carbonyl (C=O) groups is 1. The summed E-state index contributed by atoms with van der Waals surface area (Å²) in [6.45, 7) is 13.5. The largest absolute Gasteiger partial charge is 0.463 e. The molecule has 1 unspecified atom stereocenters. The molecule has 0 radical (unpaired) electrons. The number of esters is 1. The van der Waals surface area contributed by atoms with E-state index in [-0.39, 0.29) is 11.9 Å². The summed E-state index contributed by atoms with van der Waals surface area (Å²) < 4.78 is 23.1. The number of rotatable bonds is 19. The van der Waals surface area contributed by atoms with Gasteiger partial charge >= 0.3 is 5.97 Å². The molecule has 0 saturated heterocycles. The summed E-state index contributed by atoms with van der Waals surface area (Å²) in [7, 11) is 0. The molecule has 5 heteroatoms. The van der Waals surface area contributed by atoms with Crippen molar-refractivity contribution in [3.8, 4) is 0 Å². The van der Waals surface area contributed by atoms with Crippen LogP contribution in [-0.2, 0) is 23.7 Å². The molecule has 160 valence electrons. The van der Waals surface area contributed by atoms with Crippen LogP contribution in [0.4, 0.5) is 0 Å². The van der Waals surface area contributed by atoms with Gasteiger partial charge in [-0.1, -0.05) is 52.0 Å². The number of ether oxygens (including phenoxy) is 4. The van der Waals surface area contributed by atoms with E-state index >= 15 is 0 Å². The van der Waals surface area contributed by atoms with Gasteiger partial charge in [0.05, 0.1) is 6.61 Å². The molecule has 0 aliphatic carbocycles. The van der Waals surface area contributed by atoms with E-state index in [4.69, 9.17) is 18.9 Å². The monoisotopic (exact) mass is 386 g/mol. The van der Waals surface area contributed by atoms with Crippen molar-refractivity contribution >= 4 is 5.97 Å². The van der Waals surface area contributed by atoms with Gasteiger partial charge in [0.25, 0.3) is 5.97 Å². The van der Waals surface area contributed by atoms with E-state index in [2.05, 4.69) is 13.5 Å². The van der Waals surface area contributed by atoms with E-state index in [9.17, 15) is 4.79 Å². The van der Waals surface area contributed by atoms with E-state index in [1.165, 1.54) is 38.2 Å². The molecule has 0 aliphatic heterocycles. The first kappa shape index (κ1) is 26.1. The first-order chi connectivity index (χ1) is 13.1. The van der Waals surface area contributed by atoms with Gasteiger partial charge in [-0.25, -0.2) is 4.79 Å². The lowest BCUT2D eigenvalue weighted by Gasteiger charge is -2.39. The molecule has 0 fully saturated rings. The minimum atomic E-state index is -1.01. The van der Waals surface area contributed by atoms with Crippen LogP contribution >= 0.6 is 0 Å². The van der Waals surface area contributed by atoms with Crippen molar-refractivity contribution in [2.45, 2.75) is 91.5 Å². The fraction of sp³-hybridized carbons (Fsp3) is 0.864. The van der Waals surface area contributed by atoms with Crippen molar-refractivity contribution in [3.05, 3.63) is 12.7 Å². The summed E-state index contributed by atoms with van der Waals surface area (Å²) in [4.78, 5) is 11.2. The average Bonchev–Trinajstić information content (AvgIpc) is 2.66. The molecular weight excluding hydrogens is 344 g/mol. The highest BCUT2D eigenvalue weighted by atomic mass is 16.9. The smallest absolute Gasteiger partial charge is 0.330 e. The summed E-state index contributed by atoms with van der Waals surface area (Å²) in [5, 5.41) is 0. The van der Waals surface area contributed by atoms with Gasteiger partial charge in [-0.05, 0) is 40.0 Å². The Labute approximate surface area is 166 Å². The van der Waals surface area contributed by atoms with Crippen LogP contribution < -0.4 is 0 Å². The minimum absolute atomic E-state index is 0.103. The molecule has 5 nitrogen and oxygen atoms in total. The maximum Gasteiger partial charge on any atom is 0.330 e. The molecule has 0 aliphatic rings. The molecule has 0 aromatic carbocycles. The van der Waals surface area contributed by atoms with Crippen LogP contribution in [0.2, 0.25) is 0 Å². The van der Waals surface area contributed by atoms with Gasteiger partial charge in [0, 0.05) is 31.8 Å². The predicted molar refractivity (Wildman–Crippen MR) is 109 cm³/mol. The van der Waals surface area contributed by atoms with Gasteiger partial charge in [0.2, 0.25) is 0 Å². The Bertz CT molecular complexity index is 353. The zero-order chi connectivity index (χ0) is 20.4. The first-order valence-corrected chi connectivity index (χ1v) is 10.8. The topological polar surface area (TPSA) is 54.0 Å². The lowest BCUT2D eigenvalue weighted by Crippen LogP contribution is -2.47. The van der Waals surface area contributed by atoms with Crippen molar-refractivity contribution in [1.82, 2.24) is 0 Å². The molecule has 0 amide bonds. The number of carbonyl (C=O) groups excluding carboxylic acids is 1. The Balaban J connectivity index is 4.85. The minimum Gasteiger partial charge on any atom is -0.463 e. The molecular formula is C22H42O5. The molecule has 0 rings (SSSR count). The zero-order valence-corrected chi connectivity index (χ0v) is 18.1. The molecule has 0 bridgehead atoms. The average molecular weight is 387 g/mol. The summed E-state index contributed by atoms with van der Waals surface area (Å²) in [5.41, 5.74) is 0. The van der Waals surface area contributed by atoms with Crippen LogP contribution in [0.25, 0.3) is 0 Å². The SMILES string of the molecule is C=CC(=O)OCCCC(CCCCCCCC)C(OCC)(OCC)OCC. The lowest BCUT2D eigenvalue weighted by molar-refractivity contribution is -0.403. The van der Waals surface area contributed by atoms with Crippen LogP contribution in [-0.4, -0.2) is 38.4 Å². The van der Waals surface area contributed by atoms with Crippen molar-refractivity contribution in [3.63, 3.8) is 0 Å². The van der Waals surface area contributed by atoms with E-state index in [1.807, 2.05) is 20.8 Å². The van der Waals surface area contributed by atoms with Crippen molar-refractivity contribution in [2.24, 2.45) is 5.92 Å². The number of unbranched alkanes of at least 4 members (excludes halogenated alkanes) is 5. The quantitative estimate of drug-likeness (QED) is 0.125. The van der Waals surface area contributed by atoms with Gasteiger partial charge in [-0.3, -0.25) is 0 Å². The van der Waals surface area contributed by atoms with Crippen LogP contribution in [0.1, 0.15) is 85.5 Å². The second-order valence-electron chi connectivity index (χ2n) is 6.67. The zero-order valence-electron chi connectivity index (χ0n) is 18.1. The van der Waals surface area contributed by atoms with Gasteiger partial charge in [0.1, 0.15) is 0 Å². The maximum atomic E-state index is 11.2. The predicted octanol–water partition coefficient (Wildman–Crippen LogP) is 5.63. The van der Waals surface area contributed by atoms with Gasteiger partial charge < -0.3 is 18.9 Å². The van der Waals surface area contributed by atoms with Gasteiger partial charge in [-0.2, -0.15) is 0 Å². The first-order valence-electron chi connectivity index (χ1n) is 10.8. The Morgan fingerprint density at radius 3 is 1.89 bits per heavy atom. The molecule has 1 atom stereocenters. The molecule has 0 N–H and O–H groups in total. The Hall–Kier alpha value is -0.910. The lowest BCUT2D eigenvalue weighted by atomic mass is 9.93. The maximum absolute atomic E-state index is 11.2. The summed E-state index contributed by atoms with van der Waals surface area (Å²) >= 11 is 0. The highest BCUT2D eigenvalue weighted by Gasteiger charge is 2.41. The Morgan fingerprint density at radius 1 is 0.852 bits per heavy atom. The van der Waals surface area contributed by atoms with Crippen LogP contribution in [0, 0.1) is 5.92 Å². The van der Waals surface area contributed by atoms with E-state index < -0.39 is 5.97 Å². The molecule has 0 saturated carbocycles. The fourth-order valence-electron chi connectivity index (χ4n) is 3.31. The third-order valence-corrected chi connectivity index (χ3v) is 4.55. The second kappa shape index (κ2) is 17.2. The van der Waals surface area contributed by atoms with Gasteiger partial charge in [0.15, 0.2) is 0 Å². The van der Waals surface area contributed by atoms with E-state index in [0.717, 1.165) is 25.7 Å². The summed E-state index contributed by atoms with van der Waals surface area (Å²) in [5.74, 6) is -1.29. The van der Waals surface area contributed by atoms with E-state index in [0.29, 0.717) is 26.4 Å². The fourth-order valence-corrected chi connectivity index (χ4v) is 3.31. The third-order valence-electron chi connectivity index (χ3n) is 4.55. The second-order valence-corrected chi connectivity index (χ2v) is 6.67. The van der Waals surface area contributed by atoms with Gasteiger partial charge in [-0.15, -0.1) is 0 Å². The molecule has 0 heterocycles. The molecule has 0 spiro atoms. The van der Waals surface area contributed by atoms with Crippen LogP contribution in [0.5, 0.6) is 0 Å².